The van der Waals surface area contributed by atoms with Crippen molar-refractivity contribution in [3.8, 4) is 5.75 Å². The van der Waals surface area contributed by atoms with Crippen molar-refractivity contribution in [3.63, 3.8) is 0 Å². The highest BCUT2D eigenvalue weighted by Gasteiger charge is 2.19. The van der Waals surface area contributed by atoms with Gasteiger partial charge in [0.2, 0.25) is 0 Å². The number of nitrogens with two attached hydrogens (primary N) is 1. The van der Waals surface area contributed by atoms with Crippen LogP contribution in [-0.2, 0) is 6.42 Å². The fourth-order valence-electron chi connectivity index (χ4n) is 1.89. The maximum atomic E-state index is 6.16. The maximum Gasteiger partial charge on any atom is 0.122 e. The lowest BCUT2D eigenvalue weighted by molar-refractivity contribution is 0.301. The van der Waals surface area contributed by atoms with E-state index in [1.165, 1.54) is 0 Å². The molecule has 2 nitrogen and oxygen atoms in total. The monoisotopic (exact) mass is 269 g/mol. The molecule has 0 heterocycles. The topological polar surface area (TPSA) is 35.2 Å². The van der Waals surface area contributed by atoms with Gasteiger partial charge in [-0.3, -0.25) is 0 Å². The Balaban J connectivity index is 2.56. The Morgan fingerprint density at radius 3 is 2.56 bits per heavy atom. The molecule has 3 heteroatoms. The summed E-state index contributed by atoms with van der Waals surface area (Å²) in [6.45, 7) is 6.53. The van der Waals surface area contributed by atoms with Crippen LogP contribution >= 0.6 is 11.6 Å². The summed E-state index contributed by atoms with van der Waals surface area (Å²) in [5, 5.41) is 0.755. The molecule has 0 aliphatic rings. The standard InChI is InChI=1S/C15H24ClNO/c1-15(2,3)14(17)7-5-6-11-10-12(16)8-9-13(11)18-4/h8-10,14H,5-7,17H2,1-4H3. The van der Waals surface area contributed by atoms with Crippen LogP contribution in [0.5, 0.6) is 5.75 Å². The van der Waals surface area contributed by atoms with E-state index in [9.17, 15) is 0 Å². The van der Waals surface area contributed by atoms with Crippen LogP contribution in [0, 0.1) is 5.41 Å². The van der Waals surface area contributed by atoms with E-state index in [-0.39, 0.29) is 11.5 Å². The van der Waals surface area contributed by atoms with Crippen molar-refractivity contribution in [3.05, 3.63) is 28.8 Å². The SMILES string of the molecule is COc1ccc(Cl)cc1CCCC(N)C(C)(C)C. The van der Waals surface area contributed by atoms with E-state index in [0.29, 0.717) is 0 Å². The molecule has 0 amide bonds. The van der Waals surface area contributed by atoms with Crippen molar-refractivity contribution in [1.82, 2.24) is 0 Å². The molecule has 0 bridgehead atoms. The zero-order chi connectivity index (χ0) is 13.8. The van der Waals surface area contributed by atoms with Gasteiger partial charge in [0.15, 0.2) is 0 Å². The Bertz CT molecular complexity index is 385. The first kappa shape index (κ1) is 15.3. The summed E-state index contributed by atoms with van der Waals surface area (Å²) in [4.78, 5) is 0. The third kappa shape index (κ3) is 4.51. The second-order valence-corrected chi connectivity index (χ2v) is 6.26. The number of rotatable bonds is 5. The quantitative estimate of drug-likeness (QED) is 0.875. The van der Waals surface area contributed by atoms with E-state index in [1.807, 2.05) is 18.2 Å². The van der Waals surface area contributed by atoms with Crippen LogP contribution in [0.2, 0.25) is 5.02 Å². The minimum Gasteiger partial charge on any atom is -0.496 e. The summed E-state index contributed by atoms with van der Waals surface area (Å²) in [5.74, 6) is 0.906. The molecule has 0 radical (unpaired) electrons. The average Bonchev–Trinajstić information content (AvgIpc) is 2.28. The molecule has 0 fully saturated rings. The molecule has 18 heavy (non-hydrogen) atoms. The van der Waals surface area contributed by atoms with Gasteiger partial charge in [-0.15, -0.1) is 0 Å². The number of ether oxygens (including phenoxy) is 1. The zero-order valence-corrected chi connectivity index (χ0v) is 12.6. The van der Waals surface area contributed by atoms with Gasteiger partial charge in [-0.2, -0.15) is 0 Å². The smallest absolute Gasteiger partial charge is 0.122 e. The van der Waals surface area contributed by atoms with E-state index in [2.05, 4.69) is 20.8 Å². The van der Waals surface area contributed by atoms with E-state index < -0.39 is 0 Å². The predicted molar refractivity (Wildman–Crippen MR) is 78.4 cm³/mol. The predicted octanol–water partition coefficient (Wildman–Crippen LogP) is 4.04. The van der Waals surface area contributed by atoms with Crippen LogP contribution < -0.4 is 10.5 Å². The molecule has 1 unspecified atom stereocenters. The lowest BCUT2D eigenvalue weighted by atomic mass is 9.84. The number of hydrogen-bond acceptors (Lipinski definition) is 2. The molecule has 0 aromatic heterocycles. The summed E-state index contributed by atoms with van der Waals surface area (Å²) in [5.41, 5.74) is 7.48. The molecule has 0 saturated heterocycles. The lowest BCUT2D eigenvalue weighted by Crippen LogP contribution is -2.34. The highest BCUT2D eigenvalue weighted by atomic mass is 35.5. The Hall–Kier alpha value is -0.730. The van der Waals surface area contributed by atoms with Crippen molar-refractivity contribution in [1.29, 1.82) is 0 Å². The van der Waals surface area contributed by atoms with Crippen molar-refractivity contribution >= 4 is 11.6 Å². The summed E-state index contributed by atoms with van der Waals surface area (Å²) in [6.07, 6.45) is 3.02. The highest BCUT2D eigenvalue weighted by molar-refractivity contribution is 6.30. The normalized spacial score (nSPS) is 13.4. The van der Waals surface area contributed by atoms with Gasteiger partial charge in [0.25, 0.3) is 0 Å². The Morgan fingerprint density at radius 2 is 2.00 bits per heavy atom. The third-order valence-electron chi connectivity index (χ3n) is 3.32. The summed E-state index contributed by atoms with van der Waals surface area (Å²) >= 11 is 6.01. The van der Waals surface area contributed by atoms with Crippen molar-refractivity contribution in [2.24, 2.45) is 11.1 Å². The van der Waals surface area contributed by atoms with Gasteiger partial charge in [0, 0.05) is 11.1 Å². The minimum absolute atomic E-state index is 0.165. The molecular formula is C15H24ClNO. The first-order valence-electron chi connectivity index (χ1n) is 6.42. The van der Waals surface area contributed by atoms with Gasteiger partial charge < -0.3 is 10.5 Å². The fraction of sp³-hybridized carbons (Fsp3) is 0.600. The number of benzene rings is 1. The van der Waals surface area contributed by atoms with Crippen molar-refractivity contribution in [2.75, 3.05) is 7.11 Å². The van der Waals surface area contributed by atoms with Crippen LogP contribution in [0.25, 0.3) is 0 Å². The van der Waals surface area contributed by atoms with E-state index >= 15 is 0 Å². The molecular weight excluding hydrogens is 246 g/mol. The third-order valence-corrected chi connectivity index (χ3v) is 3.55. The molecule has 2 N–H and O–H groups in total. The second-order valence-electron chi connectivity index (χ2n) is 5.82. The largest absolute Gasteiger partial charge is 0.496 e. The van der Waals surface area contributed by atoms with Crippen LogP contribution in [0.15, 0.2) is 18.2 Å². The summed E-state index contributed by atoms with van der Waals surface area (Å²) < 4.78 is 5.34. The Morgan fingerprint density at radius 1 is 1.33 bits per heavy atom. The second kappa shape index (κ2) is 6.44. The van der Waals surface area contributed by atoms with E-state index in [1.54, 1.807) is 7.11 Å². The lowest BCUT2D eigenvalue weighted by Gasteiger charge is -2.27. The number of hydrogen-bond donors (Lipinski definition) is 1. The van der Waals surface area contributed by atoms with Crippen LogP contribution in [0.4, 0.5) is 0 Å². The maximum absolute atomic E-state index is 6.16. The zero-order valence-electron chi connectivity index (χ0n) is 11.8. The molecule has 1 aromatic carbocycles. The summed E-state index contributed by atoms with van der Waals surface area (Å²) in [6, 6.07) is 5.97. The van der Waals surface area contributed by atoms with Crippen molar-refractivity contribution in [2.45, 2.75) is 46.1 Å². The highest BCUT2D eigenvalue weighted by Crippen LogP contribution is 2.26. The minimum atomic E-state index is 0.165. The van der Waals surface area contributed by atoms with Gasteiger partial charge in [-0.25, -0.2) is 0 Å². The van der Waals surface area contributed by atoms with Gasteiger partial charge in [0.05, 0.1) is 7.11 Å². The number of aryl methyl sites for hydroxylation is 1. The molecule has 0 saturated carbocycles. The van der Waals surface area contributed by atoms with Gasteiger partial charge in [-0.05, 0) is 48.4 Å². The molecule has 1 atom stereocenters. The van der Waals surface area contributed by atoms with Gasteiger partial charge >= 0.3 is 0 Å². The number of halogens is 1. The average molecular weight is 270 g/mol. The molecule has 102 valence electrons. The molecule has 0 aliphatic heterocycles. The molecule has 1 rings (SSSR count). The van der Waals surface area contributed by atoms with Gasteiger partial charge in [0.1, 0.15) is 5.75 Å². The summed E-state index contributed by atoms with van der Waals surface area (Å²) in [7, 11) is 1.69. The van der Waals surface area contributed by atoms with E-state index in [4.69, 9.17) is 22.1 Å². The number of methoxy groups -OCH3 is 1. The fourth-order valence-corrected chi connectivity index (χ4v) is 2.08. The van der Waals surface area contributed by atoms with E-state index in [0.717, 1.165) is 35.6 Å². The van der Waals surface area contributed by atoms with Crippen molar-refractivity contribution < 1.29 is 4.74 Å². The molecule has 1 aromatic rings. The Kier molecular flexibility index (Phi) is 5.48. The van der Waals surface area contributed by atoms with Gasteiger partial charge in [-0.1, -0.05) is 32.4 Å². The first-order valence-corrected chi connectivity index (χ1v) is 6.80. The molecule has 0 spiro atoms. The first-order chi connectivity index (χ1) is 8.34. The van der Waals surface area contributed by atoms with Crippen LogP contribution in [0.3, 0.4) is 0 Å². The van der Waals surface area contributed by atoms with Crippen LogP contribution in [-0.4, -0.2) is 13.2 Å². The molecule has 0 aliphatic carbocycles. The van der Waals surface area contributed by atoms with Crippen LogP contribution in [0.1, 0.15) is 39.2 Å². The Labute approximate surface area is 115 Å².